The Hall–Kier alpha value is -0.810. The molecule has 282 valence electrons. The number of aliphatic hydroxyl groups excluding tert-OH is 2. The number of carbonyl (C=O) groups excluding carboxylic acids is 1. The van der Waals surface area contributed by atoms with E-state index in [0.29, 0.717) is 31.4 Å². The molecule has 2 heterocycles. The Labute approximate surface area is 296 Å². The minimum atomic E-state index is -1.27. The molecule has 0 bridgehead atoms. The topological polar surface area (TPSA) is 118 Å². The Morgan fingerprint density at radius 1 is 1.00 bits per heavy atom. The van der Waals surface area contributed by atoms with Crippen LogP contribution in [-0.2, 0) is 23.7 Å². The second kappa shape index (κ2) is 12.9. The average molecular weight is 692 g/mol. The number of nitrogens with zero attached hydrogens (tertiary/aromatic N) is 1. The first-order valence-electron chi connectivity index (χ1n) is 19.6. The molecular weight excluding hydrogens is 622 g/mol. The summed E-state index contributed by atoms with van der Waals surface area (Å²) in [5, 5.41) is 33.5. The molecule has 0 aromatic carbocycles. The summed E-state index contributed by atoms with van der Waals surface area (Å²) >= 11 is 0. The number of fused-ring (bicyclic) bond motifs is 1. The number of aliphatic hydroxyl groups is 3. The van der Waals surface area contributed by atoms with E-state index in [0.717, 1.165) is 45.1 Å². The summed E-state index contributed by atoms with van der Waals surface area (Å²) in [6.07, 6.45) is 7.16. The average Bonchev–Trinajstić information content (AvgIpc) is 3.68. The van der Waals surface area contributed by atoms with Crippen molar-refractivity contribution in [2.45, 2.75) is 175 Å². The molecule has 12 unspecified atom stereocenters. The van der Waals surface area contributed by atoms with Gasteiger partial charge in [0.05, 0.1) is 49.8 Å². The maximum absolute atomic E-state index is 12.5. The predicted octanol–water partition coefficient (Wildman–Crippen LogP) is 5.71. The van der Waals surface area contributed by atoms with E-state index >= 15 is 0 Å². The largest absolute Gasteiger partial charge is 0.457 e. The zero-order valence-corrected chi connectivity index (χ0v) is 32.3. The molecule has 2 aliphatic heterocycles. The van der Waals surface area contributed by atoms with Crippen molar-refractivity contribution in [2.75, 3.05) is 26.3 Å². The Morgan fingerprint density at radius 3 is 2.29 bits per heavy atom. The van der Waals surface area contributed by atoms with Gasteiger partial charge in [-0.25, -0.2) is 0 Å². The molecule has 2 spiro atoms. The lowest BCUT2D eigenvalue weighted by molar-refractivity contribution is -0.253. The van der Waals surface area contributed by atoms with Gasteiger partial charge in [0.25, 0.3) is 0 Å². The van der Waals surface area contributed by atoms with Gasteiger partial charge in [0.1, 0.15) is 0 Å². The van der Waals surface area contributed by atoms with Crippen LogP contribution in [0.2, 0.25) is 0 Å². The summed E-state index contributed by atoms with van der Waals surface area (Å²) in [7, 11) is 0. The fourth-order valence-electron chi connectivity index (χ4n) is 12.6. The lowest BCUT2D eigenvalue weighted by Crippen LogP contribution is -2.60. The number of rotatable bonds is 7. The van der Waals surface area contributed by atoms with Crippen LogP contribution in [0.25, 0.3) is 0 Å². The first-order valence-corrected chi connectivity index (χ1v) is 19.6. The van der Waals surface area contributed by atoms with Crippen LogP contribution in [0.4, 0.5) is 0 Å². The molecule has 49 heavy (non-hydrogen) atoms. The van der Waals surface area contributed by atoms with Crippen LogP contribution in [0.3, 0.4) is 0 Å². The van der Waals surface area contributed by atoms with Crippen molar-refractivity contribution in [3.63, 3.8) is 0 Å². The number of ether oxygens (including phenoxy) is 4. The van der Waals surface area contributed by atoms with Crippen LogP contribution < -0.4 is 0 Å². The van der Waals surface area contributed by atoms with E-state index in [1.54, 1.807) is 13.8 Å². The fraction of sp³-hybridized carbons (Fsp3) is 0.975. The molecule has 6 aliphatic rings. The molecule has 9 nitrogen and oxygen atoms in total. The Bertz CT molecular complexity index is 1210. The quantitative estimate of drug-likeness (QED) is 0.289. The number of carbonyl (C=O) groups is 1. The van der Waals surface area contributed by atoms with Crippen LogP contribution in [0.5, 0.6) is 0 Å². The third-order valence-electron chi connectivity index (χ3n) is 15.3. The van der Waals surface area contributed by atoms with Gasteiger partial charge < -0.3 is 34.3 Å². The van der Waals surface area contributed by atoms with E-state index in [1.165, 1.54) is 19.8 Å². The Kier molecular flexibility index (Phi) is 10.0. The standard InChI is InChI=1S/C40H69NO8/c1-24-20-27(34(38(9,10)45)47-25(2)43)48-32-26(24)12-11-16-39-22-40(39)17-15-30(49-31-21-41(18-19-46-31)35(3,4)23-42)36(5,6)28(40)13-14-29(39)37(7,8)33(32)44/h24,26-34,42,44-45H,11-23H2,1-10H3. The third kappa shape index (κ3) is 6.35. The highest BCUT2D eigenvalue weighted by molar-refractivity contribution is 5.66. The van der Waals surface area contributed by atoms with E-state index in [2.05, 4.69) is 53.4 Å². The van der Waals surface area contributed by atoms with Gasteiger partial charge in [-0.2, -0.15) is 0 Å². The molecule has 6 rings (SSSR count). The molecule has 0 amide bonds. The molecule has 0 aromatic heterocycles. The fourth-order valence-corrected chi connectivity index (χ4v) is 12.6. The van der Waals surface area contributed by atoms with Crippen LogP contribution in [0.1, 0.15) is 127 Å². The van der Waals surface area contributed by atoms with Gasteiger partial charge in [-0.3, -0.25) is 9.69 Å². The third-order valence-corrected chi connectivity index (χ3v) is 15.3. The molecule has 12 atom stereocenters. The highest BCUT2D eigenvalue weighted by Gasteiger charge is 2.79. The van der Waals surface area contributed by atoms with Crippen LogP contribution in [0.15, 0.2) is 0 Å². The van der Waals surface area contributed by atoms with Gasteiger partial charge in [-0.05, 0) is 124 Å². The van der Waals surface area contributed by atoms with Crippen molar-refractivity contribution in [2.24, 2.45) is 45.3 Å². The summed E-state index contributed by atoms with van der Waals surface area (Å²) in [5.74, 6) is 0.974. The zero-order valence-electron chi connectivity index (χ0n) is 32.3. The molecule has 3 N–H and O–H groups in total. The Morgan fingerprint density at radius 2 is 1.65 bits per heavy atom. The molecule has 2 saturated heterocycles. The van der Waals surface area contributed by atoms with Crippen molar-refractivity contribution < 1.29 is 39.1 Å². The summed E-state index contributed by atoms with van der Waals surface area (Å²) in [4.78, 5) is 14.4. The zero-order chi connectivity index (χ0) is 35.9. The first kappa shape index (κ1) is 37.9. The second-order valence-electron chi connectivity index (χ2n) is 19.7. The lowest BCUT2D eigenvalue weighted by Gasteiger charge is -2.58. The smallest absolute Gasteiger partial charge is 0.303 e. The molecular formula is C40H69NO8. The highest BCUT2D eigenvalue weighted by atomic mass is 16.7. The van der Waals surface area contributed by atoms with E-state index in [9.17, 15) is 20.1 Å². The summed E-state index contributed by atoms with van der Waals surface area (Å²) in [5.41, 5.74) is -1.47. The molecule has 4 aliphatic carbocycles. The van der Waals surface area contributed by atoms with Gasteiger partial charge in [-0.1, -0.05) is 41.0 Å². The SMILES string of the molecule is CC(=O)OC(C1CC(C)C2CCCC34CC35CCC(OC3CN(C(C)(C)CO)CCO3)C(C)(C)C5CCC4C(C)(C)C(O)C2O1)C(C)(C)O. The maximum Gasteiger partial charge on any atom is 0.303 e. The molecule has 6 fully saturated rings. The minimum absolute atomic E-state index is 0.00625. The number of morpholine rings is 1. The van der Waals surface area contributed by atoms with Crippen molar-refractivity contribution in [3.05, 3.63) is 0 Å². The summed E-state index contributed by atoms with van der Waals surface area (Å²) < 4.78 is 25.6. The first-order chi connectivity index (χ1) is 22.7. The van der Waals surface area contributed by atoms with Crippen LogP contribution in [0, 0.1) is 45.3 Å². The monoisotopic (exact) mass is 692 g/mol. The van der Waals surface area contributed by atoms with Gasteiger partial charge in [0.2, 0.25) is 0 Å². The lowest BCUT2D eigenvalue weighted by atomic mass is 9.48. The van der Waals surface area contributed by atoms with E-state index in [1.807, 2.05) is 0 Å². The van der Waals surface area contributed by atoms with Gasteiger partial charge in [0, 0.05) is 19.0 Å². The number of hydrogen-bond acceptors (Lipinski definition) is 9. The minimum Gasteiger partial charge on any atom is -0.457 e. The van der Waals surface area contributed by atoms with E-state index < -0.39 is 29.9 Å². The van der Waals surface area contributed by atoms with Crippen LogP contribution >= 0.6 is 0 Å². The predicted molar refractivity (Wildman–Crippen MR) is 187 cm³/mol. The van der Waals surface area contributed by atoms with E-state index in [4.69, 9.17) is 18.9 Å². The molecule has 4 saturated carbocycles. The van der Waals surface area contributed by atoms with Crippen molar-refractivity contribution in [3.8, 4) is 0 Å². The maximum atomic E-state index is 12.5. The molecule has 0 radical (unpaired) electrons. The van der Waals surface area contributed by atoms with Crippen molar-refractivity contribution >= 4 is 5.97 Å². The van der Waals surface area contributed by atoms with E-state index in [-0.39, 0.29) is 64.1 Å². The van der Waals surface area contributed by atoms with Crippen molar-refractivity contribution in [1.29, 1.82) is 0 Å². The number of hydrogen-bond donors (Lipinski definition) is 3. The second-order valence-corrected chi connectivity index (χ2v) is 19.7. The number of esters is 1. The molecule has 0 aromatic rings. The normalized spacial score (nSPS) is 44.5. The Balaban J connectivity index is 1.22. The molecule has 9 heteroatoms. The van der Waals surface area contributed by atoms with Crippen LogP contribution in [-0.4, -0.2) is 100 Å². The van der Waals surface area contributed by atoms with Gasteiger partial charge in [-0.15, -0.1) is 0 Å². The highest BCUT2D eigenvalue weighted by Crippen LogP contribution is 2.85. The van der Waals surface area contributed by atoms with Gasteiger partial charge in [0.15, 0.2) is 12.4 Å². The summed E-state index contributed by atoms with van der Waals surface area (Å²) in [6.45, 7) is 22.8. The summed E-state index contributed by atoms with van der Waals surface area (Å²) in [6, 6.07) is 0. The van der Waals surface area contributed by atoms with Crippen molar-refractivity contribution in [1.82, 2.24) is 4.90 Å². The van der Waals surface area contributed by atoms with Gasteiger partial charge >= 0.3 is 5.97 Å².